The van der Waals surface area contributed by atoms with Crippen LogP contribution in [0, 0.1) is 29.9 Å². The number of pyridine rings is 2. The number of halogens is 2. The lowest BCUT2D eigenvalue weighted by Gasteiger charge is -2.39. The highest BCUT2D eigenvalue weighted by atomic mass is 19.1. The Kier molecular flexibility index (Phi) is 7.13. The van der Waals surface area contributed by atoms with Gasteiger partial charge in [0.2, 0.25) is 0 Å². The summed E-state index contributed by atoms with van der Waals surface area (Å²) in [6, 6.07) is 8.15. The Balaban J connectivity index is 1.89. The highest BCUT2D eigenvalue weighted by Crippen LogP contribution is 2.35. The quantitative estimate of drug-likeness (QED) is 0.384. The van der Waals surface area contributed by atoms with Crippen molar-refractivity contribution in [2.45, 2.75) is 39.7 Å². The largest absolute Gasteiger partial charge is 0.465 e. The second-order valence-corrected chi connectivity index (χ2v) is 10.3. The predicted octanol–water partition coefficient (Wildman–Crippen LogP) is 4.61. The molecule has 0 saturated carbocycles. The van der Waals surface area contributed by atoms with Crippen LogP contribution in [0.25, 0.3) is 28.0 Å². The van der Waals surface area contributed by atoms with E-state index in [1.165, 1.54) is 21.6 Å². The van der Waals surface area contributed by atoms with Crippen molar-refractivity contribution >= 4 is 22.9 Å². The van der Waals surface area contributed by atoms with Crippen molar-refractivity contribution in [1.82, 2.24) is 24.4 Å². The average Bonchev–Trinajstić information content (AvgIpc) is 2.92. The lowest BCUT2D eigenvalue weighted by atomic mass is 10.0. The van der Waals surface area contributed by atoms with Crippen LogP contribution in [0.1, 0.15) is 43.5 Å². The molecule has 0 bridgehead atoms. The topological polar surface area (TPSA) is 128 Å². The molecule has 0 aliphatic carbocycles. The number of amides is 1. The van der Waals surface area contributed by atoms with Gasteiger partial charge in [0.25, 0.3) is 0 Å². The van der Waals surface area contributed by atoms with Crippen molar-refractivity contribution in [2.75, 3.05) is 24.5 Å². The lowest BCUT2D eigenvalue weighted by molar-refractivity contribution is 0.136. The second-order valence-electron chi connectivity index (χ2n) is 10.3. The van der Waals surface area contributed by atoms with Crippen LogP contribution in [0.3, 0.4) is 0 Å². The summed E-state index contributed by atoms with van der Waals surface area (Å²) in [6.07, 6.45) is 0.580. The molecule has 1 fully saturated rings. The van der Waals surface area contributed by atoms with E-state index in [9.17, 15) is 28.7 Å². The van der Waals surface area contributed by atoms with E-state index in [1.807, 2.05) is 26.8 Å². The molecule has 1 aliphatic heterocycles. The number of piperazine rings is 1. The molecule has 41 heavy (non-hydrogen) atoms. The summed E-state index contributed by atoms with van der Waals surface area (Å²) in [4.78, 5) is 42.0. The van der Waals surface area contributed by atoms with E-state index in [0.717, 1.165) is 12.1 Å². The molecule has 1 saturated heterocycles. The summed E-state index contributed by atoms with van der Waals surface area (Å²) in [5.41, 5.74) is 0.233. The van der Waals surface area contributed by atoms with Crippen molar-refractivity contribution in [1.29, 1.82) is 5.26 Å². The second kappa shape index (κ2) is 10.6. The Hall–Kier alpha value is -4.92. The van der Waals surface area contributed by atoms with E-state index in [1.54, 1.807) is 24.1 Å². The molecule has 10 nitrogen and oxygen atoms in total. The first-order chi connectivity index (χ1) is 19.5. The van der Waals surface area contributed by atoms with E-state index in [-0.39, 0.29) is 54.3 Å². The molecule has 4 aromatic rings. The van der Waals surface area contributed by atoms with Gasteiger partial charge in [-0.3, -0.25) is 4.98 Å². The monoisotopic (exact) mass is 559 g/mol. The molecular weight excluding hydrogens is 532 g/mol. The molecule has 210 valence electrons. The third-order valence-corrected chi connectivity index (χ3v) is 7.26. The van der Waals surface area contributed by atoms with Crippen LogP contribution in [0.2, 0.25) is 0 Å². The van der Waals surface area contributed by atoms with E-state index in [4.69, 9.17) is 0 Å². The molecule has 1 aromatic carbocycles. The lowest BCUT2D eigenvalue weighted by Crippen LogP contribution is -2.54. The summed E-state index contributed by atoms with van der Waals surface area (Å²) in [6.45, 7) is 8.02. The fourth-order valence-electron chi connectivity index (χ4n) is 5.28. The van der Waals surface area contributed by atoms with Crippen LogP contribution in [0.15, 0.2) is 41.3 Å². The minimum Gasteiger partial charge on any atom is -0.465 e. The molecule has 0 radical (unpaired) electrons. The predicted molar refractivity (Wildman–Crippen MR) is 148 cm³/mol. The molecule has 1 aliphatic rings. The van der Waals surface area contributed by atoms with Crippen LogP contribution >= 0.6 is 0 Å². The fourth-order valence-corrected chi connectivity index (χ4v) is 5.28. The van der Waals surface area contributed by atoms with Gasteiger partial charge in [-0.15, -0.1) is 0 Å². The van der Waals surface area contributed by atoms with Crippen molar-refractivity contribution < 1.29 is 18.7 Å². The number of nitriles is 1. The molecule has 5 rings (SSSR count). The number of anilines is 1. The number of benzene rings is 1. The minimum absolute atomic E-state index is 0.0440. The molecular formula is C29H27F2N7O3. The first-order valence-corrected chi connectivity index (χ1v) is 13.1. The fraction of sp³-hybridized carbons (Fsp3) is 0.310. The molecule has 0 spiro atoms. The normalized spacial score (nSPS) is 15.4. The third kappa shape index (κ3) is 4.73. The number of carboxylic acid groups (broad SMARTS) is 1. The van der Waals surface area contributed by atoms with Gasteiger partial charge in [-0.25, -0.2) is 27.9 Å². The van der Waals surface area contributed by atoms with Crippen LogP contribution in [-0.2, 0) is 0 Å². The van der Waals surface area contributed by atoms with Gasteiger partial charge in [0.05, 0.1) is 33.6 Å². The summed E-state index contributed by atoms with van der Waals surface area (Å²) in [5, 5.41) is 19.8. The SMILES string of the molecule is Cc1ccnc(C(C)C)c1-n1c(=O)nc(N2CCN(C(=O)O)C[C@@H]2C)c2cc(C#N)c(-c3c(F)cccc3F)nc21. The molecule has 1 N–H and O–H groups in total. The Morgan fingerprint density at radius 1 is 1.17 bits per heavy atom. The smallest absolute Gasteiger partial charge is 0.407 e. The van der Waals surface area contributed by atoms with Gasteiger partial charge in [-0.1, -0.05) is 19.9 Å². The van der Waals surface area contributed by atoms with Crippen LogP contribution in [-0.4, -0.2) is 61.3 Å². The van der Waals surface area contributed by atoms with Crippen molar-refractivity contribution in [3.63, 3.8) is 0 Å². The maximum Gasteiger partial charge on any atom is 0.407 e. The highest BCUT2D eigenvalue weighted by molar-refractivity contribution is 5.92. The number of rotatable bonds is 4. The van der Waals surface area contributed by atoms with Gasteiger partial charge in [-0.05, 0) is 49.6 Å². The highest BCUT2D eigenvalue weighted by Gasteiger charge is 2.31. The Morgan fingerprint density at radius 3 is 2.49 bits per heavy atom. The first-order valence-electron chi connectivity index (χ1n) is 13.1. The van der Waals surface area contributed by atoms with Crippen LogP contribution in [0.4, 0.5) is 19.4 Å². The molecule has 12 heteroatoms. The van der Waals surface area contributed by atoms with Gasteiger partial charge >= 0.3 is 11.8 Å². The number of hydrogen-bond donors (Lipinski definition) is 1. The zero-order chi connectivity index (χ0) is 29.6. The van der Waals surface area contributed by atoms with E-state index >= 15 is 0 Å². The van der Waals surface area contributed by atoms with Crippen molar-refractivity contribution in [2.24, 2.45) is 0 Å². The summed E-state index contributed by atoms with van der Waals surface area (Å²) in [5.74, 6) is -1.71. The number of carbonyl (C=O) groups is 1. The minimum atomic E-state index is -1.05. The van der Waals surface area contributed by atoms with Crippen LogP contribution in [0.5, 0.6) is 0 Å². The molecule has 1 amide bonds. The maximum absolute atomic E-state index is 15.0. The first kappa shape index (κ1) is 27.6. The summed E-state index contributed by atoms with van der Waals surface area (Å²) in [7, 11) is 0. The zero-order valence-electron chi connectivity index (χ0n) is 22.9. The molecule has 3 aromatic heterocycles. The molecule has 1 atom stereocenters. The third-order valence-electron chi connectivity index (χ3n) is 7.26. The Bertz CT molecular complexity index is 1780. The Morgan fingerprint density at radius 2 is 1.88 bits per heavy atom. The van der Waals surface area contributed by atoms with Gasteiger partial charge < -0.3 is 14.9 Å². The Labute approximate surface area is 234 Å². The standard InChI is InChI=1S/C29H27F2N7O3/c1-15(2)23-25(16(3)8-9-33-23)38-27-19(12-18(13-32)24(34-27)22-20(30)6-5-7-21(22)31)26(35-28(38)39)37-11-10-36(29(40)41)14-17(37)4/h5-9,12,15,17H,10-11,14H2,1-4H3,(H,40,41)/t17-/m0/s1. The molecule has 0 unspecified atom stereocenters. The van der Waals surface area contributed by atoms with Gasteiger partial charge in [0.1, 0.15) is 23.5 Å². The summed E-state index contributed by atoms with van der Waals surface area (Å²) >= 11 is 0. The zero-order valence-corrected chi connectivity index (χ0v) is 22.9. The number of nitrogens with zero attached hydrogens (tertiary/aromatic N) is 7. The number of aryl methyl sites for hydroxylation is 1. The number of aromatic nitrogens is 4. The van der Waals surface area contributed by atoms with E-state index < -0.39 is 29.0 Å². The summed E-state index contributed by atoms with van der Waals surface area (Å²) < 4.78 is 31.2. The number of fused-ring (bicyclic) bond motifs is 1. The maximum atomic E-state index is 15.0. The van der Waals surface area contributed by atoms with Gasteiger partial charge in [-0.2, -0.15) is 10.2 Å². The number of hydrogen-bond acceptors (Lipinski definition) is 7. The molecule has 4 heterocycles. The van der Waals surface area contributed by atoms with Crippen LogP contribution < -0.4 is 10.6 Å². The van der Waals surface area contributed by atoms with Crippen molar-refractivity contribution in [3.05, 3.63) is 75.5 Å². The van der Waals surface area contributed by atoms with Gasteiger partial charge in [0.15, 0.2) is 5.65 Å². The van der Waals surface area contributed by atoms with Crippen molar-refractivity contribution in [3.8, 4) is 23.0 Å². The average molecular weight is 560 g/mol. The van der Waals surface area contributed by atoms with Gasteiger partial charge in [0, 0.05) is 31.9 Å². The van der Waals surface area contributed by atoms with E-state index in [0.29, 0.717) is 22.3 Å². The van der Waals surface area contributed by atoms with E-state index in [2.05, 4.69) is 15.0 Å².